The van der Waals surface area contributed by atoms with Crippen LogP contribution in [-0.4, -0.2) is 22.0 Å². The first-order valence-corrected chi connectivity index (χ1v) is 9.28. The molecule has 1 aromatic heterocycles. The minimum absolute atomic E-state index is 0.0431. The molecule has 130 valence electrons. The molecule has 8 heteroatoms. The molecule has 2 aromatic rings. The van der Waals surface area contributed by atoms with E-state index in [1.165, 1.54) is 18.3 Å². The Kier molecular flexibility index (Phi) is 4.31. The van der Waals surface area contributed by atoms with E-state index in [0.29, 0.717) is 20.6 Å². The number of urea groups is 1. The number of carbonyl (C=O) groups is 1. The van der Waals surface area contributed by atoms with Gasteiger partial charge < -0.3 is 10.2 Å². The van der Waals surface area contributed by atoms with Crippen molar-refractivity contribution in [1.29, 1.82) is 0 Å². The molecule has 3 heterocycles. The lowest BCUT2D eigenvalue weighted by atomic mass is 9.95. The van der Waals surface area contributed by atoms with Gasteiger partial charge in [-0.3, -0.25) is 0 Å². The molecule has 2 atom stereocenters. The molecular formula is C17H13ClF2IN3O. The van der Waals surface area contributed by atoms with Gasteiger partial charge in [-0.25, -0.2) is 14.2 Å². The highest BCUT2D eigenvalue weighted by Crippen LogP contribution is 2.44. The van der Waals surface area contributed by atoms with Crippen molar-refractivity contribution < 1.29 is 13.6 Å². The van der Waals surface area contributed by atoms with Gasteiger partial charge in [-0.05, 0) is 65.6 Å². The molecule has 4 nitrogen and oxygen atoms in total. The number of nitrogens with one attached hydrogen (secondary N) is 1. The molecule has 4 rings (SSSR count). The molecule has 2 aliphatic rings. The fourth-order valence-electron chi connectivity index (χ4n) is 3.72. The van der Waals surface area contributed by atoms with Crippen molar-refractivity contribution in [3.05, 3.63) is 55.9 Å². The molecule has 0 aliphatic carbocycles. The molecule has 0 radical (unpaired) electrons. The summed E-state index contributed by atoms with van der Waals surface area (Å²) < 4.78 is 28.6. The zero-order valence-electron chi connectivity index (χ0n) is 12.9. The fourth-order valence-corrected chi connectivity index (χ4v) is 4.32. The number of nitrogens with zero attached hydrogens (tertiary/aromatic N) is 2. The van der Waals surface area contributed by atoms with Gasteiger partial charge >= 0.3 is 6.03 Å². The van der Waals surface area contributed by atoms with Crippen LogP contribution in [0.5, 0.6) is 0 Å². The van der Waals surface area contributed by atoms with Gasteiger partial charge in [0.1, 0.15) is 5.82 Å². The van der Waals surface area contributed by atoms with Crippen LogP contribution >= 0.6 is 34.2 Å². The maximum Gasteiger partial charge on any atom is 0.322 e. The maximum atomic E-state index is 14.1. The van der Waals surface area contributed by atoms with E-state index in [-0.39, 0.29) is 17.8 Å². The van der Waals surface area contributed by atoms with Crippen molar-refractivity contribution >= 4 is 45.9 Å². The Labute approximate surface area is 161 Å². The predicted octanol–water partition coefficient (Wildman–Crippen LogP) is 4.91. The van der Waals surface area contributed by atoms with Crippen LogP contribution < -0.4 is 5.32 Å². The molecule has 0 saturated carbocycles. The Bertz CT molecular complexity index is 879. The van der Waals surface area contributed by atoms with E-state index >= 15 is 0 Å². The van der Waals surface area contributed by atoms with Crippen LogP contribution in [0.3, 0.4) is 0 Å². The average Bonchev–Trinajstić information content (AvgIpc) is 2.89. The third-order valence-corrected chi connectivity index (χ3v) is 6.35. The Morgan fingerprint density at radius 1 is 1.36 bits per heavy atom. The highest BCUT2D eigenvalue weighted by atomic mass is 127. The van der Waals surface area contributed by atoms with Crippen LogP contribution in [0.2, 0.25) is 5.02 Å². The Balaban J connectivity index is 1.63. The summed E-state index contributed by atoms with van der Waals surface area (Å²) in [6.07, 6.45) is 3.38. The number of fused-ring (bicyclic) bond motifs is 4. The van der Waals surface area contributed by atoms with Gasteiger partial charge in [-0.15, -0.1) is 0 Å². The van der Waals surface area contributed by atoms with Crippen molar-refractivity contribution in [3.63, 3.8) is 0 Å². The quantitative estimate of drug-likeness (QED) is 0.362. The average molecular weight is 476 g/mol. The first-order valence-electron chi connectivity index (χ1n) is 7.83. The summed E-state index contributed by atoms with van der Waals surface area (Å²) in [4.78, 5) is 18.2. The molecule has 1 fully saturated rings. The third-order valence-electron chi connectivity index (χ3n) is 4.83. The van der Waals surface area contributed by atoms with Crippen molar-refractivity contribution in [2.75, 3.05) is 5.32 Å². The van der Waals surface area contributed by atoms with Crippen LogP contribution in [0, 0.1) is 15.3 Å². The second-order valence-electron chi connectivity index (χ2n) is 6.20. The van der Waals surface area contributed by atoms with E-state index in [2.05, 4.69) is 10.3 Å². The van der Waals surface area contributed by atoms with E-state index in [1.807, 2.05) is 22.6 Å². The zero-order chi connectivity index (χ0) is 17.7. The molecule has 1 saturated heterocycles. The van der Waals surface area contributed by atoms with Crippen LogP contribution in [0.1, 0.15) is 30.0 Å². The molecule has 0 spiro atoms. The SMILES string of the molecule is O=C(Nc1cc(Cl)c(I)cc1F)N1[C@H]2CC[C@@H]1c1ccnc(F)c1C2. The Hall–Kier alpha value is -1.48. The van der Waals surface area contributed by atoms with Crippen molar-refractivity contribution in [3.8, 4) is 0 Å². The number of hydrogen-bond donors (Lipinski definition) is 1. The molecule has 2 aliphatic heterocycles. The molecule has 0 unspecified atom stereocenters. The van der Waals surface area contributed by atoms with Crippen LogP contribution in [0.4, 0.5) is 19.3 Å². The van der Waals surface area contributed by atoms with E-state index in [1.54, 1.807) is 11.0 Å². The summed E-state index contributed by atoms with van der Waals surface area (Å²) in [5.41, 5.74) is 1.42. The number of halogens is 4. The number of amides is 2. The number of hydrogen-bond acceptors (Lipinski definition) is 2. The number of rotatable bonds is 1. The summed E-state index contributed by atoms with van der Waals surface area (Å²) in [7, 11) is 0. The molecule has 2 amide bonds. The minimum atomic E-state index is -0.540. The highest BCUT2D eigenvalue weighted by Gasteiger charge is 2.43. The van der Waals surface area contributed by atoms with E-state index < -0.39 is 17.8 Å². The molecule has 25 heavy (non-hydrogen) atoms. The third kappa shape index (κ3) is 2.87. The van der Waals surface area contributed by atoms with Gasteiger partial charge in [-0.2, -0.15) is 4.39 Å². The standard InChI is InChI=1S/C17H13ClF2IN3O/c18-11-6-14(12(19)7-13(11)21)23-17(25)24-8-1-2-15(24)9-3-4-22-16(20)10(9)5-8/h3-4,6-8,15H,1-2,5H2,(H,23,25)/t8-,15+/m0/s1. The topological polar surface area (TPSA) is 45.2 Å². The van der Waals surface area contributed by atoms with E-state index in [4.69, 9.17) is 11.6 Å². The van der Waals surface area contributed by atoms with Crippen LogP contribution in [0.15, 0.2) is 24.4 Å². The second kappa shape index (κ2) is 6.35. The first kappa shape index (κ1) is 17.0. The van der Waals surface area contributed by atoms with Gasteiger partial charge in [0, 0.05) is 21.4 Å². The summed E-state index contributed by atoms with van der Waals surface area (Å²) in [6, 6.07) is 3.71. The smallest absolute Gasteiger partial charge is 0.314 e. The maximum absolute atomic E-state index is 14.1. The summed E-state index contributed by atoms with van der Waals surface area (Å²) in [5, 5.41) is 2.98. The summed E-state index contributed by atoms with van der Waals surface area (Å²) in [6.45, 7) is 0. The van der Waals surface area contributed by atoms with Gasteiger partial charge in [0.2, 0.25) is 5.95 Å². The second-order valence-corrected chi connectivity index (χ2v) is 7.77. The zero-order valence-corrected chi connectivity index (χ0v) is 15.8. The lowest BCUT2D eigenvalue weighted by Crippen LogP contribution is -2.44. The van der Waals surface area contributed by atoms with E-state index in [0.717, 1.165) is 18.4 Å². The Morgan fingerprint density at radius 3 is 2.96 bits per heavy atom. The minimum Gasteiger partial charge on any atom is -0.314 e. The van der Waals surface area contributed by atoms with Crippen molar-refractivity contribution in [1.82, 2.24) is 9.88 Å². The number of benzene rings is 1. The van der Waals surface area contributed by atoms with Crippen LogP contribution in [0.25, 0.3) is 0 Å². The van der Waals surface area contributed by atoms with Gasteiger partial charge in [0.05, 0.1) is 16.8 Å². The lowest BCUT2D eigenvalue weighted by molar-refractivity contribution is 0.178. The highest BCUT2D eigenvalue weighted by molar-refractivity contribution is 14.1. The monoisotopic (exact) mass is 475 g/mol. The molecule has 2 bridgehead atoms. The van der Waals surface area contributed by atoms with Gasteiger partial charge in [0.15, 0.2) is 0 Å². The number of anilines is 1. The molecule has 1 aromatic carbocycles. The Morgan fingerprint density at radius 2 is 2.16 bits per heavy atom. The largest absolute Gasteiger partial charge is 0.322 e. The van der Waals surface area contributed by atoms with Crippen LogP contribution in [-0.2, 0) is 6.42 Å². The fraction of sp³-hybridized carbons (Fsp3) is 0.294. The number of carbonyl (C=O) groups excluding carboxylic acids is 1. The lowest BCUT2D eigenvalue weighted by Gasteiger charge is -2.36. The number of aromatic nitrogens is 1. The van der Waals surface area contributed by atoms with Crippen molar-refractivity contribution in [2.24, 2.45) is 0 Å². The predicted molar refractivity (Wildman–Crippen MR) is 98.6 cm³/mol. The molecular weight excluding hydrogens is 463 g/mol. The molecule has 1 N–H and O–H groups in total. The normalized spacial score (nSPS) is 21.2. The van der Waals surface area contributed by atoms with Crippen molar-refractivity contribution in [2.45, 2.75) is 31.3 Å². The number of pyridine rings is 1. The van der Waals surface area contributed by atoms with E-state index in [9.17, 15) is 13.6 Å². The van der Waals surface area contributed by atoms with Gasteiger partial charge in [0.25, 0.3) is 0 Å². The summed E-state index contributed by atoms with van der Waals surface area (Å²) in [5.74, 6) is -1.01. The summed E-state index contributed by atoms with van der Waals surface area (Å²) >= 11 is 7.95. The first-order chi connectivity index (χ1) is 12.0. The van der Waals surface area contributed by atoms with Gasteiger partial charge in [-0.1, -0.05) is 11.6 Å².